The number of aromatic nitrogens is 2. The summed E-state index contributed by atoms with van der Waals surface area (Å²) < 4.78 is 0. The van der Waals surface area contributed by atoms with E-state index >= 15 is 0 Å². The molecule has 2 aliphatic carbocycles. The highest BCUT2D eigenvalue weighted by molar-refractivity contribution is 6.24. The number of hydrogen-bond acceptors (Lipinski definition) is 4. The fourth-order valence-corrected chi connectivity index (χ4v) is 3.30. The number of halogens is 1. The molecule has 2 atom stereocenters. The number of hydrogen-bond donors (Lipinski definition) is 2. The first kappa shape index (κ1) is 12.4. The van der Waals surface area contributed by atoms with Gasteiger partial charge in [0.15, 0.2) is 5.82 Å². The molecule has 6 heteroatoms. The van der Waals surface area contributed by atoms with Crippen molar-refractivity contribution in [1.82, 2.24) is 10.2 Å². The van der Waals surface area contributed by atoms with Crippen LogP contribution in [0, 0.1) is 5.92 Å². The van der Waals surface area contributed by atoms with E-state index in [1.54, 1.807) is 0 Å². The minimum Gasteiger partial charge on any atom is -0.327 e. The Hall–Kier alpha value is -1.36. The van der Waals surface area contributed by atoms with Gasteiger partial charge in [-0.3, -0.25) is 10.1 Å². The summed E-state index contributed by atoms with van der Waals surface area (Å²) in [7, 11) is 0. The Bertz CT molecular complexity index is 572. The lowest BCUT2D eigenvalue weighted by Crippen LogP contribution is -2.36. The van der Waals surface area contributed by atoms with Crippen molar-refractivity contribution in [2.24, 2.45) is 15.9 Å². The van der Waals surface area contributed by atoms with Gasteiger partial charge in [0, 0.05) is 23.4 Å². The number of fused-ring (bicyclic) bond motifs is 1. The molecule has 2 unspecified atom stereocenters. The third-order valence-corrected chi connectivity index (χ3v) is 4.49. The Balaban J connectivity index is 1.53. The quantitative estimate of drug-likeness (QED) is 0.649. The summed E-state index contributed by atoms with van der Waals surface area (Å²) in [5.74, 6) is 2.77. The fraction of sp³-hybridized carbons (Fsp3) is 0.643. The molecule has 0 aromatic carbocycles. The Morgan fingerprint density at radius 3 is 2.95 bits per heavy atom. The van der Waals surface area contributed by atoms with Crippen LogP contribution in [0.4, 0.5) is 5.82 Å². The van der Waals surface area contributed by atoms with Gasteiger partial charge >= 0.3 is 0 Å². The molecule has 4 rings (SSSR count). The predicted molar refractivity (Wildman–Crippen MR) is 80.7 cm³/mol. The number of aliphatic imine (C=N–C) groups is 2. The zero-order valence-electron chi connectivity index (χ0n) is 11.3. The van der Waals surface area contributed by atoms with Crippen molar-refractivity contribution in [3.8, 4) is 0 Å². The van der Waals surface area contributed by atoms with Gasteiger partial charge in [-0.05, 0) is 32.1 Å². The minimum atomic E-state index is -0.483. The normalized spacial score (nSPS) is 29.4. The molecule has 106 valence electrons. The molecule has 1 aromatic rings. The maximum absolute atomic E-state index is 6.12. The smallest absolute Gasteiger partial charge is 0.216 e. The van der Waals surface area contributed by atoms with Crippen LogP contribution >= 0.6 is 11.6 Å². The molecule has 2 fully saturated rings. The summed E-state index contributed by atoms with van der Waals surface area (Å²) in [4.78, 5) is 8.93. The summed E-state index contributed by atoms with van der Waals surface area (Å²) in [6.45, 7) is 0. The Kier molecular flexibility index (Phi) is 3.02. The van der Waals surface area contributed by atoms with Gasteiger partial charge in [-0.15, -0.1) is 0 Å². The fourth-order valence-electron chi connectivity index (χ4n) is 3.07. The highest BCUT2D eigenvalue weighted by atomic mass is 35.5. The van der Waals surface area contributed by atoms with Crippen molar-refractivity contribution < 1.29 is 0 Å². The summed E-state index contributed by atoms with van der Waals surface area (Å²) in [6.07, 6.45) is 7.12. The SMILES string of the molecule is ClC1N=C2CCCCC2C(Nc2cc(C3CC3)[nH]n2)=N1. The number of rotatable bonds is 2. The number of aromatic amines is 1. The third kappa shape index (κ3) is 2.35. The summed E-state index contributed by atoms with van der Waals surface area (Å²) in [5.41, 5.74) is 1.94. The highest BCUT2D eigenvalue weighted by Crippen LogP contribution is 2.39. The van der Waals surface area contributed by atoms with Crippen LogP contribution in [0.3, 0.4) is 0 Å². The average Bonchev–Trinajstić information content (AvgIpc) is 3.19. The van der Waals surface area contributed by atoms with Crippen LogP contribution in [0.15, 0.2) is 16.1 Å². The van der Waals surface area contributed by atoms with Gasteiger partial charge in [-0.25, -0.2) is 4.99 Å². The lowest BCUT2D eigenvalue weighted by Gasteiger charge is -2.29. The Morgan fingerprint density at radius 1 is 1.20 bits per heavy atom. The molecule has 20 heavy (non-hydrogen) atoms. The van der Waals surface area contributed by atoms with Crippen molar-refractivity contribution in [2.75, 3.05) is 5.32 Å². The average molecular weight is 292 g/mol. The molecule has 1 aliphatic heterocycles. The molecule has 0 bridgehead atoms. The van der Waals surface area contributed by atoms with Gasteiger partial charge in [0.1, 0.15) is 5.84 Å². The number of nitrogens with zero attached hydrogens (tertiary/aromatic N) is 3. The van der Waals surface area contributed by atoms with E-state index in [4.69, 9.17) is 11.6 Å². The molecule has 3 aliphatic rings. The first-order valence-electron chi connectivity index (χ1n) is 7.40. The Labute approximate surface area is 122 Å². The molecule has 5 nitrogen and oxygen atoms in total. The van der Waals surface area contributed by atoms with Crippen LogP contribution in [-0.4, -0.2) is 27.4 Å². The van der Waals surface area contributed by atoms with E-state index in [0.717, 1.165) is 24.5 Å². The van der Waals surface area contributed by atoms with E-state index in [2.05, 4.69) is 31.6 Å². The first-order chi connectivity index (χ1) is 9.79. The van der Waals surface area contributed by atoms with E-state index < -0.39 is 5.62 Å². The van der Waals surface area contributed by atoms with Crippen LogP contribution in [0.5, 0.6) is 0 Å². The molecule has 1 aromatic heterocycles. The maximum atomic E-state index is 6.12. The largest absolute Gasteiger partial charge is 0.327 e. The molecular weight excluding hydrogens is 274 g/mol. The van der Waals surface area contributed by atoms with Crippen LogP contribution in [0.25, 0.3) is 0 Å². The number of anilines is 1. The summed E-state index contributed by atoms with van der Waals surface area (Å²) >= 11 is 6.12. The standard InChI is InChI=1S/C14H18ClN5/c15-14-16-10-4-2-1-3-9(10)13(18-14)17-12-7-11(19-20-12)8-5-6-8/h7-9,14H,1-6H2,(H2,17,18,19,20). The monoisotopic (exact) mass is 291 g/mol. The van der Waals surface area contributed by atoms with Crippen molar-refractivity contribution in [1.29, 1.82) is 0 Å². The topological polar surface area (TPSA) is 65.4 Å². The molecule has 0 spiro atoms. The van der Waals surface area contributed by atoms with Gasteiger partial charge in [0.25, 0.3) is 0 Å². The Morgan fingerprint density at radius 2 is 2.10 bits per heavy atom. The third-order valence-electron chi connectivity index (χ3n) is 4.30. The zero-order valence-corrected chi connectivity index (χ0v) is 12.0. The van der Waals surface area contributed by atoms with Gasteiger partial charge in [0.2, 0.25) is 5.62 Å². The maximum Gasteiger partial charge on any atom is 0.216 e. The van der Waals surface area contributed by atoms with Crippen LogP contribution in [0.1, 0.15) is 50.1 Å². The molecule has 2 N–H and O–H groups in total. The second-order valence-corrected chi connectivity index (χ2v) is 6.24. The molecule has 0 saturated heterocycles. The number of nitrogens with one attached hydrogen (secondary N) is 2. The van der Waals surface area contributed by atoms with Crippen molar-refractivity contribution >= 4 is 29.0 Å². The first-order valence-corrected chi connectivity index (χ1v) is 7.84. The summed E-state index contributed by atoms with van der Waals surface area (Å²) in [6, 6.07) is 2.09. The van der Waals surface area contributed by atoms with Gasteiger partial charge in [-0.1, -0.05) is 18.0 Å². The zero-order chi connectivity index (χ0) is 13.5. The van der Waals surface area contributed by atoms with Gasteiger partial charge < -0.3 is 5.32 Å². The summed E-state index contributed by atoms with van der Waals surface area (Å²) in [5, 5.41) is 10.8. The van der Waals surface area contributed by atoms with E-state index in [1.165, 1.54) is 37.1 Å². The second-order valence-electron chi connectivity index (χ2n) is 5.85. The highest BCUT2D eigenvalue weighted by Gasteiger charge is 2.31. The lowest BCUT2D eigenvalue weighted by atomic mass is 9.85. The number of alkyl halides is 1. The molecular formula is C14H18ClN5. The van der Waals surface area contributed by atoms with E-state index in [1.807, 2.05) is 0 Å². The van der Waals surface area contributed by atoms with Crippen molar-refractivity contribution in [2.45, 2.75) is 50.1 Å². The lowest BCUT2D eigenvalue weighted by molar-refractivity contribution is 0.597. The number of amidine groups is 1. The molecule has 2 heterocycles. The van der Waals surface area contributed by atoms with Gasteiger partial charge in [-0.2, -0.15) is 5.10 Å². The molecule has 0 amide bonds. The van der Waals surface area contributed by atoms with Crippen LogP contribution in [0.2, 0.25) is 0 Å². The van der Waals surface area contributed by atoms with Crippen LogP contribution < -0.4 is 5.32 Å². The van der Waals surface area contributed by atoms with Gasteiger partial charge in [0.05, 0.1) is 5.92 Å². The predicted octanol–water partition coefficient (Wildman–Crippen LogP) is 3.26. The van der Waals surface area contributed by atoms with E-state index in [-0.39, 0.29) is 0 Å². The second kappa shape index (κ2) is 4.88. The molecule has 2 saturated carbocycles. The number of H-pyrrole nitrogens is 1. The van der Waals surface area contributed by atoms with E-state index in [9.17, 15) is 0 Å². The van der Waals surface area contributed by atoms with E-state index in [0.29, 0.717) is 11.8 Å². The van der Waals surface area contributed by atoms with Crippen LogP contribution in [-0.2, 0) is 0 Å². The minimum absolute atomic E-state index is 0.305. The van der Waals surface area contributed by atoms with Crippen molar-refractivity contribution in [3.63, 3.8) is 0 Å². The molecule has 0 radical (unpaired) electrons. The van der Waals surface area contributed by atoms with Crippen molar-refractivity contribution in [3.05, 3.63) is 11.8 Å².